The van der Waals surface area contributed by atoms with Crippen molar-refractivity contribution in [3.05, 3.63) is 57.4 Å². The van der Waals surface area contributed by atoms with Crippen LogP contribution < -0.4 is 9.46 Å². The molecule has 138 valence electrons. The normalized spacial score (nSPS) is 11.8. The molecule has 1 aromatic carbocycles. The molecule has 0 bridgehead atoms. The maximum atomic E-state index is 12.5. The van der Waals surface area contributed by atoms with Crippen molar-refractivity contribution >= 4 is 50.5 Å². The van der Waals surface area contributed by atoms with Gasteiger partial charge in [-0.3, -0.25) is 0 Å². The molecule has 10 heteroatoms. The monoisotopic (exact) mass is 433 g/mol. The third kappa shape index (κ3) is 4.07. The molecule has 6 nitrogen and oxygen atoms in total. The summed E-state index contributed by atoms with van der Waals surface area (Å²) in [5.41, 5.74) is 1.24. The number of imidazole rings is 1. The molecule has 0 aliphatic heterocycles. The Bertz CT molecular complexity index is 1070. The highest BCUT2D eigenvalue weighted by molar-refractivity contribution is 7.89. The topological polar surface area (TPSA) is 72.7 Å². The minimum atomic E-state index is -3.78. The van der Waals surface area contributed by atoms with Crippen LogP contribution in [0.5, 0.6) is 5.75 Å². The second-order valence-corrected chi connectivity index (χ2v) is 8.43. The Labute approximate surface area is 165 Å². The fourth-order valence-electron chi connectivity index (χ4n) is 2.45. The fourth-order valence-corrected chi connectivity index (χ4v) is 4.44. The van der Waals surface area contributed by atoms with Crippen molar-refractivity contribution in [3.8, 4) is 5.75 Å². The van der Waals surface area contributed by atoms with Gasteiger partial charge < -0.3 is 9.14 Å². The number of ether oxygens (including phenoxy) is 1. The van der Waals surface area contributed by atoms with E-state index in [4.69, 9.17) is 39.5 Å². The van der Waals surface area contributed by atoms with Crippen molar-refractivity contribution in [2.75, 3.05) is 13.7 Å². The molecule has 2 heterocycles. The van der Waals surface area contributed by atoms with Crippen molar-refractivity contribution in [2.45, 2.75) is 11.3 Å². The molecular weight excluding hydrogens is 421 g/mol. The molecule has 0 radical (unpaired) electrons. The van der Waals surface area contributed by atoms with Crippen LogP contribution >= 0.6 is 34.8 Å². The van der Waals surface area contributed by atoms with Gasteiger partial charge in [0, 0.05) is 30.4 Å². The summed E-state index contributed by atoms with van der Waals surface area (Å²) in [5, 5.41) is 1.21. The predicted octanol–water partition coefficient (Wildman–Crippen LogP) is 3.82. The van der Waals surface area contributed by atoms with E-state index in [0.29, 0.717) is 32.8 Å². The lowest BCUT2D eigenvalue weighted by Crippen LogP contribution is -2.26. The van der Waals surface area contributed by atoms with Crippen LogP contribution in [-0.2, 0) is 16.4 Å². The lowest BCUT2D eigenvalue weighted by Gasteiger charge is -2.10. The number of pyridine rings is 1. The summed E-state index contributed by atoms with van der Waals surface area (Å²) >= 11 is 18.0. The summed E-state index contributed by atoms with van der Waals surface area (Å²) in [7, 11) is -2.39. The Kier molecular flexibility index (Phi) is 5.64. The highest BCUT2D eigenvalue weighted by Gasteiger charge is 2.19. The number of hydrogen-bond acceptors (Lipinski definition) is 4. The standard InChI is InChI=1S/C16H14Cl3N3O3S/c1-25-14-3-2-10(17)7-15(14)26(23,24)20-5-4-12-9-22-8-11(18)6-13(19)16(22)21-12/h2-3,6-9,20H,4-5H2,1H3. The molecule has 0 saturated carbocycles. The van der Waals surface area contributed by atoms with Crippen LogP contribution in [0.3, 0.4) is 0 Å². The molecule has 0 atom stereocenters. The van der Waals surface area contributed by atoms with Gasteiger partial charge in [-0.15, -0.1) is 0 Å². The average molecular weight is 435 g/mol. The molecule has 3 rings (SSSR count). The molecule has 0 aliphatic carbocycles. The Balaban J connectivity index is 1.75. The molecular formula is C16H14Cl3N3O3S. The maximum Gasteiger partial charge on any atom is 0.244 e. The van der Waals surface area contributed by atoms with Crippen LogP contribution in [-0.4, -0.2) is 31.5 Å². The van der Waals surface area contributed by atoms with Crippen LogP contribution in [0.4, 0.5) is 0 Å². The summed E-state index contributed by atoms with van der Waals surface area (Å²) in [4.78, 5) is 4.37. The van der Waals surface area contributed by atoms with E-state index in [1.165, 1.54) is 19.2 Å². The summed E-state index contributed by atoms with van der Waals surface area (Å²) in [5.74, 6) is 0.219. The van der Waals surface area contributed by atoms with Gasteiger partial charge in [0.2, 0.25) is 10.0 Å². The van der Waals surface area contributed by atoms with E-state index in [2.05, 4.69) is 9.71 Å². The van der Waals surface area contributed by atoms with Gasteiger partial charge in [-0.25, -0.2) is 18.1 Å². The number of nitrogens with zero attached hydrogens (tertiary/aromatic N) is 2. The minimum Gasteiger partial charge on any atom is -0.495 e. The second kappa shape index (κ2) is 7.62. The smallest absolute Gasteiger partial charge is 0.244 e. The minimum absolute atomic E-state index is 0.0164. The van der Waals surface area contributed by atoms with E-state index in [1.807, 2.05) is 0 Å². The van der Waals surface area contributed by atoms with Crippen LogP contribution in [0.1, 0.15) is 5.69 Å². The van der Waals surface area contributed by atoms with Crippen LogP contribution in [0.25, 0.3) is 5.65 Å². The van der Waals surface area contributed by atoms with Gasteiger partial charge in [-0.1, -0.05) is 34.8 Å². The average Bonchev–Trinajstić information content (AvgIpc) is 2.97. The first-order chi connectivity index (χ1) is 12.3. The van der Waals surface area contributed by atoms with Crippen molar-refractivity contribution in [1.82, 2.24) is 14.1 Å². The van der Waals surface area contributed by atoms with Crippen LogP contribution in [0, 0.1) is 0 Å². The predicted molar refractivity (Wildman–Crippen MR) is 102 cm³/mol. The molecule has 26 heavy (non-hydrogen) atoms. The molecule has 0 fully saturated rings. The van der Waals surface area contributed by atoms with Gasteiger partial charge in [0.1, 0.15) is 10.6 Å². The van der Waals surface area contributed by atoms with E-state index in [0.717, 1.165) is 0 Å². The molecule has 0 amide bonds. The lowest BCUT2D eigenvalue weighted by molar-refractivity contribution is 0.402. The number of halogens is 3. The van der Waals surface area contributed by atoms with Crippen LogP contribution in [0.15, 0.2) is 41.6 Å². The van der Waals surface area contributed by atoms with Gasteiger partial charge in [-0.2, -0.15) is 0 Å². The molecule has 0 saturated heterocycles. The Morgan fingerprint density at radius 1 is 1.15 bits per heavy atom. The van der Waals surface area contributed by atoms with Gasteiger partial charge in [0.25, 0.3) is 0 Å². The SMILES string of the molecule is COc1ccc(Cl)cc1S(=O)(=O)NCCc1cn2cc(Cl)cc(Cl)c2n1. The number of nitrogens with one attached hydrogen (secondary N) is 1. The molecule has 0 aliphatic rings. The molecule has 0 spiro atoms. The summed E-state index contributed by atoms with van der Waals surface area (Å²) in [6.45, 7) is 0.146. The van der Waals surface area contributed by atoms with Gasteiger partial charge in [0.05, 0.1) is 22.8 Å². The fraction of sp³-hybridized carbons (Fsp3) is 0.188. The van der Waals surface area contributed by atoms with E-state index < -0.39 is 10.0 Å². The number of methoxy groups -OCH3 is 1. The lowest BCUT2D eigenvalue weighted by atomic mass is 10.3. The zero-order valence-corrected chi connectivity index (χ0v) is 16.6. The first kappa shape index (κ1) is 19.3. The molecule has 2 aromatic heterocycles. The number of hydrogen-bond donors (Lipinski definition) is 1. The highest BCUT2D eigenvalue weighted by atomic mass is 35.5. The van der Waals surface area contributed by atoms with Crippen molar-refractivity contribution in [1.29, 1.82) is 0 Å². The van der Waals surface area contributed by atoms with E-state index in [-0.39, 0.29) is 17.2 Å². The third-order valence-corrected chi connectivity index (χ3v) is 5.81. The van der Waals surface area contributed by atoms with Crippen molar-refractivity contribution in [3.63, 3.8) is 0 Å². The zero-order chi connectivity index (χ0) is 18.9. The zero-order valence-electron chi connectivity index (χ0n) is 13.5. The molecule has 1 N–H and O–H groups in total. The summed E-state index contributed by atoms with van der Waals surface area (Å²) in [6, 6.07) is 6.01. The van der Waals surface area contributed by atoms with Gasteiger partial charge in [0.15, 0.2) is 5.65 Å². The first-order valence-corrected chi connectivity index (χ1v) is 10.1. The second-order valence-electron chi connectivity index (χ2n) is 5.41. The van der Waals surface area contributed by atoms with E-state index >= 15 is 0 Å². The maximum absolute atomic E-state index is 12.5. The number of fused-ring (bicyclic) bond motifs is 1. The third-order valence-electron chi connectivity index (χ3n) is 3.61. The van der Waals surface area contributed by atoms with Crippen molar-refractivity contribution in [2.24, 2.45) is 0 Å². The highest BCUT2D eigenvalue weighted by Crippen LogP contribution is 2.27. The molecule has 0 unspecified atom stereocenters. The number of sulfonamides is 1. The Morgan fingerprint density at radius 2 is 1.92 bits per heavy atom. The summed E-state index contributed by atoms with van der Waals surface area (Å²) in [6.07, 6.45) is 3.80. The number of benzene rings is 1. The van der Waals surface area contributed by atoms with Crippen molar-refractivity contribution < 1.29 is 13.2 Å². The van der Waals surface area contributed by atoms with Crippen LogP contribution in [0.2, 0.25) is 15.1 Å². The quantitative estimate of drug-likeness (QED) is 0.640. The summed E-state index contributed by atoms with van der Waals surface area (Å²) < 4.78 is 34.3. The van der Waals surface area contributed by atoms with Gasteiger partial charge >= 0.3 is 0 Å². The number of aromatic nitrogens is 2. The van der Waals surface area contributed by atoms with E-state index in [1.54, 1.807) is 28.9 Å². The van der Waals surface area contributed by atoms with E-state index in [9.17, 15) is 8.42 Å². The number of rotatable bonds is 6. The molecule has 3 aromatic rings. The Morgan fingerprint density at radius 3 is 2.65 bits per heavy atom. The Hall–Kier alpha value is -1.51. The first-order valence-electron chi connectivity index (χ1n) is 7.46. The largest absolute Gasteiger partial charge is 0.495 e. The van der Waals surface area contributed by atoms with Gasteiger partial charge in [-0.05, 0) is 24.3 Å².